The van der Waals surface area contributed by atoms with Crippen LogP contribution in [-0.4, -0.2) is 18.1 Å². The lowest BCUT2D eigenvalue weighted by Crippen LogP contribution is -2.34. The second-order valence-electron chi connectivity index (χ2n) is 4.26. The largest absolute Gasteiger partial charge is 0.496 e. The van der Waals surface area contributed by atoms with E-state index in [9.17, 15) is 4.79 Å². The van der Waals surface area contributed by atoms with E-state index in [1.165, 1.54) is 0 Å². The van der Waals surface area contributed by atoms with Gasteiger partial charge in [0, 0.05) is 14.8 Å². The summed E-state index contributed by atoms with van der Waals surface area (Å²) in [4.78, 5) is 12.2. The quantitative estimate of drug-likeness (QED) is 0.458. The van der Waals surface area contributed by atoms with Gasteiger partial charge in [0.15, 0.2) is 5.11 Å². The average molecular weight is 538 g/mol. The smallest absolute Gasteiger partial charge is 0.257 e. The summed E-state index contributed by atoms with van der Waals surface area (Å²) >= 11 is 9.50. The molecule has 0 radical (unpaired) electrons. The Hall–Kier alpha value is -0.940. The van der Waals surface area contributed by atoms with E-state index >= 15 is 0 Å². The molecule has 2 rings (SSSR count). The van der Waals surface area contributed by atoms with Crippen molar-refractivity contribution in [2.75, 3.05) is 12.4 Å². The van der Waals surface area contributed by atoms with Gasteiger partial charge in [0.05, 0.1) is 10.7 Å². The van der Waals surface area contributed by atoms with E-state index in [0.717, 1.165) is 18.6 Å². The number of rotatable bonds is 3. The van der Waals surface area contributed by atoms with Crippen LogP contribution in [0.5, 0.6) is 5.75 Å². The molecule has 1 amide bonds. The summed E-state index contributed by atoms with van der Waals surface area (Å²) in [6.07, 6.45) is 0. The molecular formula is C15H12I2N2O2S. The number of nitrogens with one attached hydrogen (secondary N) is 2. The Morgan fingerprint density at radius 2 is 1.82 bits per heavy atom. The number of thiocarbonyl (C=S) groups is 1. The number of benzene rings is 2. The highest BCUT2D eigenvalue weighted by atomic mass is 127. The Bertz CT molecular complexity index is 705. The zero-order valence-electron chi connectivity index (χ0n) is 11.5. The lowest BCUT2D eigenvalue weighted by Gasteiger charge is -2.10. The first-order valence-corrected chi connectivity index (χ1v) is 8.77. The molecule has 0 fully saturated rings. The predicted octanol–water partition coefficient (Wildman–Crippen LogP) is 4.03. The van der Waals surface area contributed by atoms with E-state index < -0.39 is 0 Å². The van der Waals surface area contributed by atoms with Crippen LogP contribution in [-0.2, 0) is 0 Å². The van der Waals surface area contributed by atoms with Crippen molar-refractivity contribution in [3.63, 3.8) is 0 Å². The van der Waals surface area contributed by atoms with Gasteiger partial charge in [0.25, 0.3) is 5.91 Å². The van der Waals surface area contributed by atoms with Crippen molar-refractivity contribution in [1.82, 2.24) is 5.32 Å². The second kappa shape index (κ2) is 8.06. The summed E-state index contributed by atoms with van der Waals surface area (Å²) in [6.45, 7) is 0. The van der Waals surface area contributed by atoms with Crippen LogP contribution in [0, 0.1) is 7.14 Å². The molecular weight excluding hydrogens is 526 g/mol. The van der Waals surface area contributed by atoms with Crippen LogP contribution in [0.15, 0.2) is 42.5 Å². The minimum absolute atomic E-state index is 0.261. The summed E-state index contributed by atoms with van der Waals surface area (Å²) in [5.41, 5.74) is 1.35. The number of carbonyl (C=O) groups is 1. The van der Waals surface area contributed by atoms with Crippen LogP contribution in [0.3, 0.4) is 0 Å². The van der Waals surface area contributed by atoms with Gasteiger partial charge < -0.3 is 10.1 Å². The molecule has 4 nitrogen and oxygen atoms in total. The molecule has 0 saturated carbocycles. The molecule has 2 N–H and O–H groups in total. The zero-order valence-corrected chi connectivity index (χ0v) is 16.7. The second-order valence-corrected chi connectivity index (χ2v) is 7.08. The average Bonchev–Trinajstić information content (AvgIpc) is 2.49. The van der Waals surface area contributed by atoms with Crippen LogP contribution in [0.4, 0.5) is 5.69 Å². The van der Waals surface area contributed by atoms with Gasteiger partial charge in [0.2, 0.25) is 0 Å². The van der Waals surface area contributed by atoms with E-state index in [1.807, 2.05) is 24.3 Å². The van der Waals surface area contributed by atoms with Crippen molar-refractivity contribution >= 4 is 74.1 Å². The number of amides is 1. The summed E-state index contributed by atoms with van der Waals surface area (Å²) < 4.78 is 7.17. The van der Waals surface area contributed by atoms with E-state index in [4.69, 9.17) is 17.0 Å². The molecule has 0 bridgehead atoms. The molecule has 0 aliphatic heterocycles. The summed E-state index contributed by atoms with van der Waals surface area (Å²) in [6, 6.07) is 12.9. The van der Waals surface area contributed by atoms with Gasteiger partial charge >= 0.3 is 0 Å². The minimum Gasteiger partial charge on any atom is -0.496 e. The highest BCUT2D eigenvalue weighted by Gasteiger charge is 2.10. The van der Waals surface area contributed by atoms with Gasteiger partial charge in [-0.3, -0.25) is 10.1 Å². The molecule has 0 unspecified atom stereocenters. The van der Waals surface area contributed by atoms with E-state index in [0.29, 0.717) is 5.56 Å². The maximum atomic E-state index is 12.2. The monoisotopic (exact) mass is 538 g/mol. The van der Waals surface area contributed by atoms with Crippen molar-refractivity contribution in [3.8, 4) is 5.75 Å². The van der Waals surface area contributed by atoms with Crippen LogP contribution in [0.2, 0.25) is 0 Å². The highest BCUT2D eigenvalue weighted by molar-refractivity contribution is 14.1. The van der Waals surface area contributed by atoms with Crippen molar-refractivity contribution < 1.29 is 9.53 Å². The third-order valence-corrected chi connectivity index (χ3v) is 4.51. The van der Waals surface area contributed by atoms with Gasteiger partial charge in [-0.05, 0) is 99.9 Å². The third-order valence-electron chi connectivity index (χ3n) is 2.74. The van der Waals surface area contributed by atoms with Crippen molar-refractivity contribution in [2.24, 2.45) is 0 Å². The molecule has 22 heavy (non-hydrogen) atoms. The highest BCUT2D eigenvalue weighted by Crippen LogP contribution is 2.21. The molecule has 0 aromatic heterocycles. The Morgan fingerprint density at radius 1 is 1.14 bits per heavy atom. The number of halogens is 2. The van der Waals surface area contributed by atoms with E-state index in [1.54, 1.807) is 25.3 Å². The lowest BCUT2D eigenvalue weighted by atomic mass is 10.2. The molecule has 7 heteroatoms. The fraction of sp³-hybridized carbons (Fsp3) is 0.0667. The molecule has 114 valence electrons. The molecule has 0 heterocycles. The molecule has 0 aliphatic rings. The Balaban J connectivity index is 2.00. The van der Waals surface area contributed by atoms with E-state index in [-0.39, 0.29) is 11.0 Å². The molecule has 2 aromatic carbocycles. The molecule has 2 aromatic rings. The maximum absolute atomic E-state index is 12.2. The molecule has 0 spiro atoms. The van der Waals surface area contributed by atoms with Gasteiger partial charge in [0.1, 0.15) is 5.75 Å². The normalized spacial score (nSPS) is 9.95. The first kappa shape index (κ1) is 17.4. The number of methoxy groups -OCH3 is 1. The Morgan fingerprint density at radius 3 is 2.41 bits per heavy atom. The van der Waals surface area contributed by atoms with Crippen molar-refractivity contribution in [1.29, 1.82) is 0 Å². The standard InChI is InChI=1S/C15H12I2N2O2S/c1-21-13-7-2-9(8-12(13)17)14(20)19-15(22)18-11-5-3-10(16)4-6-11/h2-8H,1H3,(H2,18,19,20,22). The molecule has 0 saturated heterocycles. The van der Waals surface area contributed by atoms with Crippen molar-refractivity contribution in [2.45, 2.75) is 0 Å². The zero-order chi connectivity index (χ0) is 16.1. The van der Waals surface area contributed by atoms with Gasteiger partial charge in [-0.15, -0.1) is 0 Å². The number of hydrogen-bond donors (Lipinski definition) is 2. The van der Waals surface area contributed by atoms with Crippen LogP contribution < -0.4 is 15.4 Å². The fourth-order valence-electron chi connectivity index (χ4n) is 1.68. The predicted molar refractivity (Wildman–Crippen MR) is 109 cm³/mol. The number of carbonyl (C=O) groups excluding carboxylic acids is 1. The van der Waals surface area contributed by atoms with Crippen LogP contribution in [0.25, 0.3) is 0 Å². The summed E-state index contributed by atoms with van der Waals surface area (Å²) in [7, 11) is 1.59. The van der Waals surface area contributed by atoms with Crippen LogP contribution in [0.1, 0.15) is 10.4 Å². The number of ether oxygens (including phenoxy) is 1. The summed E-state index contributed by atoms with van der Waals surface area (Å²) in [5.74, 6) is 0.473. The maximum Gasteiger partial charge on any atom is 0.257 e. The van der Waals surface area contributed by atoms with Gasteiger partial charge in [-0.2, -0.15) is 0 Å². The van der Waals surface area contributed by atoms with Gasteiger partial charge in [-0.1, -0.05) is 0 Å². The fourth-order valence-corrected chi connectivity index (χ4v) is 2.98. The van der Waals surface area contributed by atoms with Crippen LogP contribution >= 0.6 is 57.4 Å². The SMILES string of the molecule is COc1ccc(C(=O)NC(=S)Nc2ccc(I)cc2)cc1I. The number of anilines is 1. The van der Waals surface area contributed by atoms with Crippen molar-refractivity contribution in [3.05, 3.63) is 55.2 Å². The van der Waals surface area contributed by atoms with Gasteiger partial charge in [-0.25, -0.2) is 0 Å². The van der Waals surface area contributed by atoms with E-state index in [2.05, 4.69) is 55.8 Å². The Labute approximate surface area is 161 Å². The minimum atomic E-state index is -0.261. The lowest BCUT2D eigenvalue weighted by molar-refractivity contribution is 0.0977. The summed E-state index contributed by atoms with van der Waals surface area (Å²) in [5, 5.41) is 5.90. The third kappa shape index (κ3) is 4.78. The first-order valence-electron chi connectivity index (χ1n) is 6.21. The molecule has 0 aliphatic carbocycles. The number of hydrogen-bond acceptors (Lipinski definition) is 3. The topological polar surface area (TPSA) is 50.4 Å². The molecule has 0 atom stereocenters. The first-order chi connectivity index (χ1) is 10.5. The Kier molecular flexibility index (Phi) is 6.38.